The van der Waals surface area contributed by atoms with E-state index in [1.165, 1.54) is 7.11 Å². The van der Waals surface area contributed by atoms with E-state index in [1.807, 2.05) is 0 Å². The Kier molecular flexibility index (Phi) is 3.74. The van der Waals surface area contributed by atoms with Gasteiger partial charge >= 0.3 is 12.0 Å². The van der Waals surface area contributed by atoms with Gasteiger partial charge in [0.05, 0.1) is 13.2 Å². The lowest BCUT2D eigenvalue weighted by Gasteiger charge is -2.10. The molecule has 1 aliphatic heterocycles. The first-order chi connectivity index (χ1) is 7.78. The Morgan fingerprint density at radius 1 is 1.38 bits per heavy atom. The van der Waals surface area contributed by atoms with Crippen molar-refractivity contribution in [3.05, 3.63) is 5.28 Å². The molecule has 1 aromatic rings. The van der Waals surface area contributed by atoms with Crippen LogP contribution in [0.2, 0.25) is 5.28 Å². The number of methoxy groups -OCH3 is 1. The summed E-state index contributed by atoms with van der Waals surface area (Å²) in [6.07, 6.45) is 2.17. The second kappa shape index (κ2) is 5.27. The third-order valence-corrected chi connectivity index (χ3v) is 2.34. The molecule has 1 fully saturated rings. The molecule has 2 heterocycles. The number of hydrogen-bond donors (Lipinski definition) is 0. The van der Waals surface area contributed by atoms with Gasteiger partial charge < -0.3 is 14.2 Å². The van der Waals surface area contributed by atoms with Gasteiger partial charge in [0, 0.05) is 6.61 Å². The van der Waals surface area contributed by atoms with E-state index in [4.69, 9.17) is 25.8 Å². The Morgan fingerprint density at radius 3 is 2.88 bits per heavy atom. The Bertz CT molecular complexity index is 358. The lowest BCUT2D eigenvalue weighted by atomic mass is 10.2. The van der Waals surface area contributed by atoms with Crippen molar-refractivity contribution in [2.45, 2.75) is 18.9 Å². The predicted octanol–water partition coefficient (Wildman–Crippen LogP) is 1.09. The summed E-state index contributed by atoms with van der Waals surface area (Å²) in [4.78, 5) is 11.5. The van der Waals surface area contributed by atoms with E-state index in [2.05, 4.69) is 15.0 Å². The second-order valence-corrected chi connectivity index (χ2v) is 3.66. The zero-order chi connectivity index (χ0) is 11.4. The van der Waals surface area contributed by atoms with Crippen LogP contribution in [-0.4, -0.2) is 41.4 Å². The van der Waals surface area contributed by atoms with Crippen molar-refractivity contribution in [3.8, 4) is 12.0 Å². The Morgan fingerprint density at radius 2 is 2.19 bits per heavy atom. The summed E-state index contributed by atoms with van der Waals surface area (Å²) < 4.78 is 15.6. The van der Waals surface area contributed by atoms with Crippen LogP contribution in [0, 0.1) is 0 Å². The van der Waals surface area contributed by atoms with Crippen LogP contribution in [-0.2, 0) is 4.74 Å². The van der Waals surface area contributed by atoms with Crippen LogP contribution in [0.3, 0.4) is 0 Å². The van der Waals surface area contributed by atoms with Gasteiger partial charge in [-0.15, -0.1) is 4.98 Å². The highest BCUT2D eigenvalue weighted by Gasteiger charge is 2.17. The number of halogens is 1. The first kappa shape index (κ1) is 11.3. The van der Waals surface area contributed by atoms with E-state index in [1.54, 1.807) is 0 Å². The van der Waals surface area contributed by atoms with Gasteiger partial charge in [-0.1, -0.05) is 0 Å². The van der Waals surface area contributed by atoms with Crippen molar-refractivity contribution in [3.63, 3.8) is 0 Å². The molecule has 6 nitrogen and oxygen atoms in total. The fraction of sp³-hybridized carbons (Fsp3) is 0.667. The van der Waals surface area contributed by atoms with Crippen LogP contribution < -0.4 is 9.47 Å². The average Bonchev–Trinajstić information content (AvgIpc) is 2.78. The van der Waals surface area contributed by atoms with E-state index < -0.39 is 0 Å². The fourth-order valence-corrected chi connectivity index (χ4v) is 1.56. The highest BCUT2D eigenvalue weighted by atomic mass is 35.5. The molecule has 1 aromatic heterocycles. The number of rotatable bonds is 4. The minimum absolute atomic E-state index is 0.0502. The van der Waals surface area contributed by atoms with Crippen LogP contribution in [0.4, 0.5) is 0 Å². The quantitative estimate of drug-likeness (QED) is 0.791. The summed E-state index contributed by atoms with van der Waals surface area (Å²) in [7, 11) is 1.45. The maximum Gasteiger partial charge on any atom is 0.324 e. The van der Waals surface area contributed by atoms with Gasteiger partial charge in [-0.25, -0.2) is 0 Å². The van der Waals surface area contributed by atoms with Crippen molar-refractivity contribution in [1.29, 1.82) is 0 Å². The van der Waals surface area contributed by atoms with Crippen molar-refractivity contribution in [2.75, 3.05) is 20.3 Å². The summed E-state index contributed by atoms with van der Waals surface area (Å²) in [5.74, 6) is 0. The number of aromatic nitrogens is 3. The smallest absolute Gasteiger partial charge is 0.324 e. The molecule has 2 rings (SSSR count). The molecule has 1 aliphatic rings. The third-order valence-electron chi connectivity index (χ3n) is 2.17. The molecular formula is C9H12ClN3O3. The summed E-state index contributed by atoms with van der Waals surface area (Å²) in [5, 5.41) is 0.0502. The maximum absolute atomic E-state index is 5.67. The van der Waals surface area contributed by atoms with Gasteiger partial charge in [0.1, 0.15) is 6.61 Å². The molecule has 0 N–H and O–H groups in total. The molecule has 16 heavy (non-hydrogen) atoms. The Labute approximate surface area is 97.9 Å². The van der Waals surface area contributed by atoms with Crippen molar-refractivity contribution < 1.29 is 14.2 Å². The largest absolute Gasteiger partial charge is 0.467 e. The van der Waals surface area contributed by atoms with Crippen molar-refractivity contribution in [1.82, 2.24) is 15.0 Å². The standard InChI is InChI=1S/C9H12ClN3O3/c1-14-8-11-7(10)12-9(13-8)16-5-6-3-2-4-15-6/h6H,2-5H2,1H3. The van der Waals surface area contributed by atoms with Gasteiger partial charge in [0.2, 0.25) is 5.28 Å². The van der Waals surface area contributed by atoms with Gasteiger partial charge in [-0.2, -0.15) is 9.97 Å². The molecule has 7 heteroatoms. The lowest BCUT2D eigenvalue weighted by Crippen LogP contribution is -2.17. The molecule has 0 bridgehead atoms. The SMILES string of the molecule is COc1nc(Cl)nc(OCC2CCCO2)n1. The lowest BCUT2D eigenvalue weighted by molar-refractivity contribution is 0.0641. The van der Waals surface area contributed by atoms with E-state index in [0.29, 0.717) is 6.61 Å². The molecule has 88 valence electrons. The summed E-state index contributed by atoms with van der Waals surface area (Å²) >= 11 is 5.67. The Balaban J connectivity index is 1.94. The van der Waals surface area contributed by atoms with E-state index >= 15 is 0 Å². The summed E-state index contributed by atoms with van der Waals surface area (Å²) in [6.45, 7) is 1.21. The molecule has 0 saturated carbocycles. The average molecular weight is 246 g/mol. The molecule has 1 atom stereocenters. The van der Waals surface area contributed by atoms with Crippen LogP contribution in [0.25, 0.3) is 0 Å². The highest BCUT2D eigenvalue weighted by molar-refractivity contribution is 6.28. The maximum atomic E-state index is 5.67. The summed E-state index contributed by atoms with van der Waals surface area (Å²) in [6, 6.07) is 0.301. The minimum atomic E-state index is 0.0502. The molecule has 1 saturated heterocycles. The van der Waals surface area contributed by atoms with Gasteiger partial charge in [-0.3, -0.25) is 0 Å². The second-order valence-electron chi connectivity index (χ2n) is 3.32. The minimum Gasteiger partial charge on any atom is -0.467 e. The van der Waals surface area contributed by atoms with Crippen LogP contribution >= 0.6 is 11.6 Å². The van der Waals surface area contributed by atoms with E-state index in [0.717, 1.165) is 19.4 Å². The zero-order valence-electron chi connectivity index (χ0n) is 8.85. The number of nitrogens with zero attached hydrogens (tertiary/aromatic N) is 3. The van der Waals surface area contributed by atoms with E-state index in [9.17, 15) is 0 Å². The van der Waals surface area contributed by atoms with E-state index in [-0.39, 0.29) is 23.4 Å². The highest BCUT2D eigenvalue weighted by Crippen LogP contribution is 2.15. The fourth-order valence-electron chi connectivity index (χ4n) is 1.41. The van der Waals surface area contributed by atoms with Crippen LogP contribution in [0.5, 0.6) is 12.0 Å². The molecule has 0 amide bonds. The molecule has 0 radical (unpaired) electrons. The van der Waals surface area contributed by atoms with Gasteiger partial charge in [-0.05, 0) is 24.4 Å². The van der Waals surface area contributed by atoms with Crippen molar-refractivity contribution in [2.24, 2.45) is 0 Å². The van der Waals surface area contributed by atoms with Gasteiger partial charge in [0.25, 0.3) is 0 Å². The normalized spacial score (nSPS) is 19.8. The molecule has 1 unspecified atom stereocenters. The van der Waals surface area contributed by atoms with Crippen molar-refractivity contribution >= 4 is 11.6 Å². The number of hydrogen-bond acceptors (Lipinski definition) is 6. The predicted molar refractivity (Wildman–Crippen MR) is 55.9 cm³/mol. The molecule has 0 aromatic carbocycles. The first-order valence-electron chi connectivity index (χ1n) is 4.98. The zero-order valence-corrected chi connectivity index (χ0v) is 9.61. The number of ether oxygens (including phenoxy) is 3. The summed E-state index contributed by atoms with van der Waals surface area (Å²) in [5.41, 5.74) is 0. The van der Waals surface area contributed by atoms with Crippen LogP contribution in [0.15, 0.2) is 0 Å². The van der Waals surface area contributed by atoms with Crippen LogP contribution in [0.1, 0.15) is 12.8 Å². The molecule has 0 aliphatic carbocycles. The topological polar surface area (TPSA) is 66.4 Å². The van der Waals surface area contributed by atoms with Gasteiger partial charge in [0.15, 0.2) is 0 Å². The molecule has 0 spiro atoms. The third kappa shape index (κ3) is 2.93. The Hall–Kier alpha value is -1.14. The first-order valence-corrected chi connectivity index (χ1v) is 5.35. The molecular weight excluding hydrogens is 234 g/mol. The monoisotopic (exact) mass is 245 g/mol.